The first kappa shape index (κ1) is 26.6. The van der Waals surface area contributed by atoms with E-state index in [2.05, 4.69) is 89.8 Å². The van der Waals surface area contributed by atoms with E-state index >= 15 is 0 Å². The van der Waals surface area contributed by atoms with Gasteiger partial charge < -0.3 is 18.2 Å². The highest BCUT2D eigenvalue weighted by Crippen LogP contribution is 2.44. The Balaban J connectivity index is 1.13. The largest absolute Gasteiger partial charge is 0.456 e. The highest BCUT2D eigenvalue weighted by molar-refractivity contribution is 6.20. The van der Waals surface area contributed by atoms with Gasteiger partial charge in [0.15, 0.2) is 5.58 Å². The molecule has 0 unspecified atom stereocenters. The minimum Gasteiger partial charge on any atom is -0.456 e. The van der Waals surface area contributed by atoms with Gasteiger partial charge in [-0.25, -0.2) is 4.98 Å². The van der Waals surface area contributed by atoms with E-state index in [9.17, 15) is 0 Å². The summed E-state index contributed by atoms with van der Waals surface area (Å²) in [5, 5.41) is 4.16. The predicted octanol–water partition coefficient (Wildman–Crippen LogP) is 12.4. The fraction of sp³-hybridized carbons (Fsp3) is 0. The molecule has 0 radical (unpaired) electrons. The Morgan fingerprint density at radius 2 is 1.04 bits per heavy atom. The molecule has 0 saturated carbocycles. The van der Waals surface area contributed by atoms with Crippen molar-refractivity contribution in [3.8, 4) is 22.6 Å². The van der Waals surface area contributed by atoms with E-state index in [0.29, 0.717) is 5.89 Å². The van der Waals surface area contributed by atoms with Crippen molar-refractivity contribution in [2.24, 2.45) is 0 Å². The van der Waals surface area contributed by atoms with Crippen LogP contribution in [0, 0.1) is 0 Å². The molecule has 0 aliphatic heterocycles. The van der Waals surface area contributed by atoms with Gasteiger partial charge in [0.25, 0.3) is 0 Å². The van der Waals surface area contributed by atoms with E-state index in [1.165, 1.54) is 0 Å². The van der Waals surface area contributed by atoms with Crippen LogP contribution < -0.4 is 4.90 Å². The summed E-state index contributed by atoms with van der Waals surface area (Å²) in [6, 6.07) is 53.8. The normalized spacial score (nSPS) is 11.8. The minimum atomic E-state index is 0.588. The molecule has 226 valence electrons. The molecular formula is C43H26N2O3. The number of oxazole rings is 1. The van der Waals surface area contributed by atoms with E-state index in [0.717, 1.165) is 88.7 Å². The first-order valence-electron chi connectivity index (χ1n) is 16.0. The molecule has 0 amide bonds. The SMILES string of the molecule is c1ccc(-c2nc3cc(-c4ccc(N(c5ccccc5)c5ccc6c(c5)oc5ccccc56)cc4)c4oc5ccccc5c4c3o2)cc1. The van der Waals surface area contributed by atoms with E-state index in [-0.39, 0.29) is 0 Å². The molecule has 0 spiro atoms. The average Bonchev–Trinajstić information content (AvgIpc) is 3.86. The molecule has 0 atom stereocenters. The quantitative estimate of drug-likeness (QED) is 0.192. The molecule has 10 aromatic rings. The van der Waals surface area contributed by atoms with Crippen LogP contribution in [-0.4, -0.2) is 4.98 Å². The second kappa shape index (κ2) is 10.5. The zero-order valence-electron chi connectivity index (χ0n) is 25.6. The maximum absolute atomic E-state index is 6.53. The molecule has 7 aromatic carbocycles. The lowest BCUT2D eigenvalue weighted by molar-refractivity contribution is 0.622. The summed E-state index contributed by atoms with van der Waals surface area (Å²) in [6.07, 6.45) is 0. The molecule has 0 fully saturated rings. The molecule has 3 heterocycles. The van der Waals surface area contributed by atoms with Gasteiger partial charge in [-0.15, -0.1) is 0 Å². The van der Waals surface area contributed by atoms with Gasteiger partial charge in [0.2, 0.25) is 5.89 Å². The molecule has 5 heteroatoms. The van der Waals surface area contributed by atoms with Gasteiger partial charge in [0, 0.05) is 50.4 Å². The van der Waals surface area contributed by atoms with E-state index in [4.69, 9.17) is 18.2 Å². The second-order valence-electron chi connectivity index (χ2n) is 12.0. The number of nitrogens with zero attached hydrogens (tertiary/aromatic N) is 2. The van der Waals surface area contributed by atoms with Crippen molar-refractivity contribution in [3.63, 3.8) is 0 Å². The first-order chi connectivity index (χ1) is 23.8. The standard InChI is InChI=1S/C43H26N2O3/c1-3-11-28(12-4-1)43-44-36-26-35(41-40(42(36)48-43)34-16-8-10-18-38(34)47-41)27-19-21-30(22-20-27)45(29-13-5-2-6-14-29)31-23-24-33-32-15-7-9-17-37(32)46-39(33)25-31/h1-26H. The Labute approximate surface area is 274 Å². The number of para-hydroxylation sites is 3. The number of anilines is 3. The number of rotatable bonds is 5. The van der Waals surface area contributed by atoms with Gasteiger partial charge in [-0.3, -0.25) is 0 Å². The van der Waals surface area contributed by atoms with Gasteiger partial charge in [0.05, 0.1) is 5.39 Å². The number of furan rings is 2. The summed E-state index contributed by atoms with van der Waals surface area (Å²) in [7, 11) is 0. The van der Waals surface area contributed by atoms with Crippen LogP contribution in [0.2, 0.25) is 0 Å². The molecule has 10 rings (SSSR count). The second-order valence-corrected chi connectivity index (χ2v) is 12.0. The molecule has 0 bridgehead atoms. The van der Waals surface area contributed by atoms with Crippen molar-refractivity contribution < 1.29 is 13.3 Å². The lowest BCUT2D eigenvalue weighted by Gasteiger charge is -2.25. The van der Waals surface area contributed by atoms with Crippen molar-refractivity contribution in [1.29, 1.82) is 0 Å². The Hall–Kier alpha value is -6.59. The smallest absolute Gasteiger partial charge is 0.227 e. The van der Waals surface area contributed by atoms with Crippen LogP contribution in [0.15, 0.2) is 171 Å². The van der Waals surface area contributed by atoms with Gasteiger partial charge >= 0.3 is 0 Å². The predicted molar refractivity (Wildman–Crippen MR) is 194 cm³/mol. The van der Waals surface area contributed by atoms with Crippen molar-refractivity contribution in [2.75, 3.05) is 4.90 Å². The number of hydrogen-bond acceptors (Lipinski definition) is 5. The van der Waals surface area contributed by atoms with E-state index < -0.39 is 0 Å². The summed E-state index contributed by atoms with van der Waals surface area (Å²) >= 11 is 0. The van der Waals surface area contributed by atoms with Crippen molar-refractivity contribution >= 4 is 72.0 Å². The van der Waals surface area contributed by atoms with E-state index in [1.54, 1.807) is 0 Å². The van der Waals surface area contributed by atoms with Crippen LogP contribution in [0.1, 0.15) is 0 Å². The van der Waals surface area contributed by atoms with Gasteiger partial charge in [-0.05, 0) is 72.3 Å². The average molecular weight is 619 g/mol. The maximum Gasteiger partial charge on any atom is 0.227 e. The lowest BCUT2D eigenvalue weighted by atomic mass is 10.0. The van der Waals surface area contributed by atoms with Gasteiger partial charge in [-0.1, -0.05) is 84.9 Å². The van der Waals surface area contributed by atoms with Crippen LogP contribution in [0.25, 0.3) is 77.6 Å². The van der Waals surface area contributed by atoms with Crippen LogP contribution in [0.4, 0.5) is 17.1 Å². The van der Waals surface area contributed by atoms with Gasteiger partial charge in [0.1, 0.15) is 27.8 Å². The van der Waals surface area contributed by atoms with E-state index in [1.807, 2.05) is 72.8 Å². The third kappa shape index (κ3) is 4.15. The molecular weight excluding hydrogens is 592 g/mol. The summed E-state index contributed by atoms with van der Waals surface area (Å²) in [5.41, 5.74) is 10.9. The topological polar surface area (TPSA) is 55.6 Å². The third-order valence-electron chi connectivity index (χ3n) is 9.09. The Bertz CT molecular complexity index is 2770. The maximum atomic E-state index is 6.53. The van der Waals surface area contributed by atoms with Gasteiger partial charge in [-0.2, -0.15) is 0 Å². The number of hydrogen-bond donors (Lipinski definition) is 0. The van der Waals surface area contributed by atoms with Crippen LogP contribution in [-0.2, 0) is 0 Å². The zero-order chi connectivity index (χ0) is 31.6. The molecule has 0 aliphatic rings. The summed E-state index contributed by atoms with van der Waals surface area (Å²) in [6.45, 7) is 0. The molecule has 48 heavy (non-hydrogen) atoms. The number of fused-ring (bicyclic) bond motifs is 8. The van der Waals surface area contributed by atoms with Crippen molar-refractivity contribution in [1.82, 2.24) is 4.98 Å². The summed E-state index contributed by atoms with van der Waals surface area (Å²) in [5.74, 6) is 0.588. The van der Waals surface area contributed by atoms with Crippen molar-refractivity contribution in [3.05, 3.63) is 158 Å². The fourth-order valence-electron chi connectivity index (χ4n) is 6.86. The monoisotopic (exact) mass is 618 g/mol. The zero-order valence-corrected chi connectivity index (χ0v) is 25.6. The lowest BCUT2D eigenvalue weighted by Crippen LogP contribution is -2.09. The number of aromatic nitrogens is 1. The van der Waals surface area contributed by atoms with Crippen LogP contribution in [0.3, 0.4) is 0 Å². The molecule has 0 saturated heterocycles. The Morgan fingerprint density at radius 3 is 1.83 bits per heavy atom. The molecule has 0 aliphatic carbocycles. The number of benzene rings is 7. The Morgan fingerprint density at radius 1 is 0.417 bits per heavy atom. The molecule has 3 aromatic heterocycles. The highest BCUT2D eigenvalue weighted by Gasteiger charge is 2.22. The van der Waals surface area contributed by atoms with Crippen molar-refractivity contribution in [2.45, 2.75) is 0 Å². The van der Waals surface area contributed by atoms with Crippen LogP contribution >= 0.6 is 0 Å². The highest BCUT2D eigenvalue weighted by atomic mass is 16.4. The van der Waals surface area contributed by atoms with Crippen LogP contribution in [0.5, 0.6) is 0 Å². The minimum absolute atomic E-state index is 0.588. The summed E-state index contributed by atoms with van der Waals surface area (Å²) < 4.78 is 19.2. The summed E-state index contributed by atoms with van der Waals surface area (Å²) in [4.78, 5) is 7.20. The fourth-order valence-corrected chi connectivity index (χ4v) is 6.86. The molecule has 0 N–H and O–H groups in total. The first-order valence-corrected chi connectivity index (χ1v) is 16.0. The Kier molecular flexibility index (Phi) is 5.81. The molecule has 5 nitrogen and oxygen atoms in total. The third-order valence-corrected chi connectivity index (χ3v) is 9.09.